The largest absolute Gasteiger partial charge is 0.350 e. The van der Waals surface area contributed by atoms with E-state index in [1.165, 1.54) is 0 Å². The number of rotatable bonds is 5. The lowest BCUT2D eigenvalue weighted by Gasteiger charge is -2.09. The van der Waals surface area contributed by atoms with E-state index in [2.05, 4.69) is 0 Å². The summed E-state index contributed by atoms with van der Waals surface area (Å²) in [6.45, 7) is 1.72. The van der Waals surface area contributed by atoms with E-state index in [0.29, 0.717) is 6.42 Å². The van der Waals surface area contributed by atoms with Crippen LogP contribution in [-0.4, -0.2) is 20.2 Å². The van der Waals surface area contributed by atoms with Gasteiger partial charge in [0, 0.05) is 0 Å². The quantitative estimate of drug-likeness (QED) is 0.733. The summed E-state index contributed by atoms with van der Waals surface area (Å²) >= 11 is 0. The van der Waals surface area contributed by atoms with Crippen LogP contribution in [0.4, 0.5) is 8.78 Å². The van der Waals surface area contributed by atoms with E-state index in [-0.39, 0.29) is 6.42 Å². The molecule has 0 saturated heterocycles. The molecule has 0 radical (unpaired) electrons. The summed E-state index contributed by atoms with van der Waals surface area (Å²) in [6.07, 6.45) is 0.770. The lowest BCUT2D eigenvalue weighted by molar-refractivity contribution is 0.232. The number of halogens is 2. The minimum Gasteiger partial charge on any atom is -0.206 e. The molecule has 0 heterocycles. The van der Waals surface area contributed by atoms with E-state index in [0.717, 1.165) is 0 Å². The zero-order valence-corrected chi connectivity index (χ0v) is 7.81. The highest BCUT2D eigenvalue weighted by molar-refractivity contribution is 7.89. The fraction of sp³-hybridized carbons (Fsp3) is 0.833. The van der Waals surface area contributed by atoms with Crippen molar-refractivity contribution in [2.75, 3.05) is 0 Å². The Hall–Kier alpha value is -0.740. The number of alkyl halides is 2. The second kappa shape index (κ2) is 5.09. The lowest BCUT2D eigenvalue weighted by atomic mass is 10.2. The van der Waals surface area contributed by atoms with Crippen molar-refractivity contribution < 1.29 is 17.2 Å². The maximum Gasteiger partial charge on any atom is 0.350 e. The molecule has 0 aromatic heterocycles. The summed E-state index contributed by atoms with van der Waals surface area (Å²) in [4.78, 5) is 0. The summed E-state index contributed by atoms with van der Waals surface area (Å²) in [6, 6.07) is 0.525. The molecule has 76 valence electrons. The van der Waals surface area contributed by atoms with E-state index >= 15 is 0 Å². The van der Waals surface area contributed by atoms with Gasteiger partial charge in [0.05, 0.1) is 6.07 Å². The number of nitriles is 1. The predicted molar refractivity (Wildman–Crippen MR) is 42.4 cm³/mol. The van der Waals surface area contributed by atoms with Gasteiger partial charge in [-0.2, -0.15) is 18.8 Å². The zero-order valence-electron chi connectivity index (χ0n) is 7.00. The molecular weight excluding hydrogens is 202 g/mol. The third-order valence-electron chi connectivity index (χ3n) is 1.27. The van der Waals surface area contributed by atoms with Gasteiger partial charge in [0.25, 0.3) is 10.0 Å². The van der Waals surface area contributed by atoms with Crippen LogP contribution in [0.2, 0.25) is 0 Å². The Balaban J connectivity index is 4.34. The zero-order chi connectivity index (χ0) is 10.5. The second-order valence-corrected chi connectivity index (χ2v) is 4.08. The summed E-state index contributed by atoms with van der Waals surface area (Å²) in [7, 11) is -4.64. The first-order valence-corrected chi connectivity index (χ1v) is 5.17. The Morgan fingerprint density at radius 1 is 1.54 bits per heavy atom. The van der Waals surface area contributed by atoms with Crippen LogP contribution in [0.1, 0.15) is 19.8 Å². The normalized spacial score (nSPS) is 14.1. The molecule has 0 saturated carbocycles. The molecule has 0 bridgehead atoms. The summed E-state index contributed by atoms with van der Waals surface area (Å²) in [5.41, 5.74) is 0. The maximum atomic E-state index is 11.8. The molecule has 0 aliphatic carbocycles. The average Bonchev–Trinajstić information content (AvgIpc) is 2.03. The molecular formula is C6H10F2N2O2S. The van der Waals surface area contributed by atoms with Gasteiger partial charge < -0.3 is 0 Å². The number of nitrogens with zero attached hydrogens (tertiary/aromatic N) is 1. The fourth-order valence-corrected chi connectivity index (χ4v) is 1.36. The van der Waals surface area contributed by atoms with E-state index in [1.807, 2.05) is 0 Å². The van der Waals surface area contributed by atoms with Crippen molar-refractivity contribution >= 4 is 10.0 Å². The van der Waals surface area contributed by atoms with Crippen molar-refractivity contribution in [3.8, 4) is 6.07 Å². The number of hydrogen-bond acceptors (Lipinski definition) is 3. The smallest absolute Gasteiger partial charge is 0.206 e. The van der Waals surface area contributed by atoms with Gasteiger partial charge in [0.2, 0.25) is 0 Å². The van der Waals surface area contributed by atoms with E-state index in [1.54, 1.807) is 17.7 Å². The summed E-state index contributed by atoms with van der Waals surface area (Å²) < 4.78 is 46.3. The van der Waals surface area contributed by atoms with Crippen LogP contribution in [0, 0.1) is 11.3 Å². The van der Waals surface area contributed by atoms with Crippen LogP contribution in [0.15, 0.2) is 0 Å². The van der Waals surface area contributed by atoms with Crippen LogP contribution in [0.25, 0.3) is 0 Å². The molecule has 0 rings (SSSR count). The minimum absolute atomic E-state index is 0.225. The Morgan fingerprint density at radius 3 is 2.38 bits per heavy atom. The number of nitrogens with one attached hydrogen (secondary N) is 1. The van der Waals surface area contributed by atoms with Gasteiger partial charge in [-0.05, 0) is 6.42 Å². The molecule has 1 atom stereocenters. The molecule has 0 aromatic carbocycles. The van der Waals surface area contributed by atoms with Crippen molar-refractivity contribution in [2.45, 2.75) is 31.6 Å². The van der Waals surface area contributed by atoms with Crippen LogP contribution in [0.5, 0.6) is 0 Å². The number of sulfonamides is 1. The fourth-order valence-electron chi connectivity index (χ4n) is 0.688. The van der Waals surface area contributed by atoms with E-state index in [9.17, 15) is 17.2 Å². The molecule has 0 aromatic rings. The van der Waals surface area contributed by atoms with Gasteiger partial charge in [-0.3, -0.25) is 0 Å². The molecule has 0 spiro atoms. The third-order valence-corrected chi connectivity index (χ3v) is 2.36. The van der Waals surface area contributed by atoms with Gasteiger partial charge in [-0.25, -0.2) is 8.42 Å². The maximum absolute atomic E-state index is 11.8. The van der Waals surface area contributed by atoms with Crippen molar-refractivity contribution in [1.82, 2.24) is 4.72 Å². The highest BCUT2D eigenvalue weighted by Gasteiger charge is 2.26. The summed E-state index contributed by atoms with van der Waals surface area (Å²) in [5, 5.41) is 8.38. The lowest BCUT2D eigenvalue weighted by Crippen LogP contribution is -2.37. The predicted octanol–water partition coefficient (Wildman–Crippen LogP) is 0.821. The molecule has 4 nitrogen and oxygen atoms in total. The van der Waals surface area contributed by atoms with Gasteiger partial charge in [-0.1, -0.05) is 13.3 Å². The highest BCUT2D eigenvalue weighted by atomic mass is 32.2. The monoisotopic (exact) mass is 212 g/mol. The molecule has 7 heteroatoms. The SMILES string of the molecule is CCCC(C#N)NS(=O)(=O)C(F)F. The Labute approximate surface area is 75.6 Å². The van der Waals surface area contributed by atoms with Gasteiger partial charge in [-0.15, -0.1) is 0 Å². The van der Waals surface area contributed by atoms with Crippen molar-refractivity contribution in [3.63, 3.8) is 0 Å². The Morgan fingerprint density at radius 2 is 2.08 bits per heavy atom. The molecule has 0 aliphatic heterocycles. The Bertz CT molecular complexity index is 283. The van der Waals surface area contributed by atoms with Crippen LogP contribution in [0.3, 0.4) is 0 Å². The average molecular weight is 212 g/mol. The van der Waals surface area contributed by atoms with Crippen LogP contribution >= 0.6 is 0 Å². The first-order valence-electron chi connectivity index (χ1n) is 3.63. The molecule has 1 unspecified atom stereocenters. The molecule has 0 amide bonds. The molecule has 0 aliphatic rings. The minimum atomic E-state index is -4.64. The second-order valence-electron chi connectivity index (χ2n) is 2.39. The van der Waals surface area contributed by atoms with Gasteiger partial charge in [0.1, 0.15) is 6.04 Å². The van der Waals surface area contributed by atoms with Gasteiger partial charge >= 0.3 is 5.76 Å². The first kappa shape index (κ1) is 12.3. The van der Waals surface area contributed by atoms with E-state index < -0.39 is 21.8 Å². The molecule has 0 fully saturated rings. The van der Waals surface area contributed by atoms with Crippen LogP contribution < -0.4 is 4.72 Å². The van der Waals surface area contributed by atoms with Gasteiger partial charge in [0.15, 0.2) is 0 Å². The topological polar surface area (TPSA) is 70.0 Å². The van der Waals surface area contributed by atoms with Crippen molar-refractivity contribution in [2.24, 2.45) is 0 Å². The standard InChI is InChI=1S/C6H10F2N2O2S/c1-2-3-5(4-9)10-13(11,12)6(7)8/h5-6,10H,2-3H2,1H3. The Kier molecular flexibility index (Phi) is 4.80. The van der Waals surface area contributed by atoms with Crippen LogP contribution in [-0.2, 0) is 10.0 Å². The van der Waals surface area contributed by atoms with Crippen molar-refractivity contribution in [3.05, 3.63) is 0 Å². The molecule has 1 N–H and O–H groups in total. The summed E-state index contributed by atoms with van der Waals surface area (Å²) in [5.74, 6) is -3.49. The van der Waals surface area contributed by atoms with E-state index in [4.69, 9.17) is 5.26 Å². The highest BCUT2D eigenvalue weighted by Crippen LogP contribution is 2.05. The van der Waals surface area contributed by atoms with Crippen molar-refractivity contribution in [1.29, 1.82) is 5.26 Å². The molecule has 13 heavy (non-hydrogen) atoms. The third kappa shape index (κ3) is 4.15. The number of hydrogen-bond donors (Lipinski definition) is 1. The first-order chi connectivity index (χ1) is 5.94.